The molecule has 0 saturated carbocycles. The number of aromatic nitrogens is 2. The summed E-state index contributed by atoms with van der Waals surface area (Å²) in [7, 11) is 0. The van der Waals surface area contributed by atoms with Crippen LogP contribution in [0, 0.1) is 10.1 Å². The molecule has 0 unspecified atom stereocenters. The van der Waals surface area contributed by atoms with Crippen LogP contribution in [-0.2, 0) is 17.6 Å². The van der Waals surface area contributed by atoms with Crippen LogP contribution < -0.4 is 10.9 Å². The Hall–Kier alpha value is -2.68. The minimum atomic E-state index is -0.522. The van der Waals surface area contributed by atoms with Gasteiger partial charge in [-0.15, -0.1) is 0 Å². The SMILES string of the molecule is O=C(CSc1nc2c(c(=O)[nH]1)CCCC2)Nc1cccc([N+](=O)[O-])c1. The number of hydrogen-bond donors (Lipinski definition) is 2. The number of anilines is 1. The minimum Gasteiger partial charge on any atom is -0.325 e. The van der Waals surface area contributed by atoms with E-state index in [9.17, 15) is 19.7 Å². The van der Waals surface area contributed by atoms with E-state index in [0.29, 0.717) is 10.8 Å². The summed E-state index contributed by atoms with van der Waals surface area (Å²) in [6.07, 6.45) is 3.54. The minimum absolute atomic E-state index is 0.0461. The second kappa shape index (κ2) is 7.47. The molecule has 0 spiro atoms. The first-order chi connectivity index (χ1) is 12.0. The third kappa shape index (κ3) is 4.24. The second-order valence-electron chi connectivity index (χ2n) is 5.65. The number of nitro groups is 1. The monoisotopic (exact) mass is 360 g/mol. The quantitative estimate of drug-likeness (QED) is 0.365. The van der Waals surface area contributed by atoms with E-state index in [1.54, 1.807) is 6.07 Å². The molecule has 130 valence electrons. The number of carbonyl (C=O) groups excluding carboxylic acids is 1. The highest BCUT2D eigenvalue weighted by atomic mass is 32.2. The van der Waals surface area contributed by atoms with Crippen LogP contribution in [0.3, 0.4) is 0 Å². The number of thioether (sulfide) groups is 1. The first-order valence-corrected chi connectivity index (χ1v) is 8.80. The molecule has 9 heteroatoms. The van der Waals surface area contributed by atoms with Gasteiger partial charge < -0.3 is 10.3 Å². The van der Waals surface area contributed by atoms with Gasteiger partial charge in [0.1, 0.15) is 0 Å². The highest BCUT2D eigenvalue weighted by Gasteiger charge is 2.16. The Labute approximate surface area is 147 Å². The summed E-state index contributed by atoms with van der Waals surface area (Å²) >= 11 is 1.13. The van der Waals surface area contributed by atoms with Crippen LogP contribution in [0.15, 0.2) is 34.2 Å². The van der Waals surface area contributed by atoms with E-state index in [2.05, 4.69) is 15.3 Å². The highest BCUT2D eigenvalue weighted by Crippen LogP contribution is 2.20. The number of rotatable bonds is 5. The number of nitrogens with zero attached hydrogens (tertiary/aromatic N) is 2. The van der Waals surface area contributed by atoms with Gasteiger partial charge in [-0.3, -0.25) is 19.7 Å². The molecule has 0 aliphatic heterocycles. The summed E-state index contributed by atoms with van der Waals surface area (Å²) in [4.78, 5) is 41.4. The van der Waals surface area contributed by atoms with Gasteiger partial charge in [-0.1, -0.05) is 17.8 Å². The van der Waals surface area contributed by atoms with Crippen molar-refractivity contribution in [3.8, 4) is 0 Å². The number of carbonyl (C=O) groups is 1. The fraction of sp³-hybridized carbons (Fsp3) is 0.312. The summed E-state index contributed by atoms with van der Waals surface area (Å²) in [5, 5.41) is 13.8. The van der Waals surface area contributed by atoms with Crippen molar-refractivity contribution in [3.05, 3.63) is 56.0 Å². The van der Waals surface area contributed by atoms with Gasteiger partial charge in [0.25, 0.3) is 11.2 Å². The molecule has 0 atom stereocenters. The first kappa shape index (κ1) is 17.2. The van der Waals surface area contributed by atoms with Gasteiger partial charge in [-0.2, -0.15) is 0 Å². The molecule has 1 aliphatic rings. The smallest absolute Gasteiger partial charge is 0.271 e. The number of fused-ring (bicyclic) bond motifs is 1. The molecule has 2 N–H and O–H groups in total. The fourth-order valence-corrected chi connectivity index (χ4v) is 3.36. The Morgan fingerprint density at radius 1 is 1.36 bits per heavy atom. The van der Waals surface area contributed by atoms with Crippen molar-refractivity contribution in [2.75, 3.05) is 11.1 Å². The molecular weight excluding hydrogens is 344 g/mol. The molecule has 1 aromatic carbocycles. The highest BCUT2D eigenvalue weighted by molar-refractivity contribution is 7.99. The zero-order chi connectivity index (χ0) is 17.8. The van der Waals surface area contributed by atoms with Gasteiger partial charge in [-0.25, -0.2) is 4.98 Å². The number of H-pyrrole nitrogens is 1. The Bertz CT molecular complexity index is 881. The summed E-state index contributed by atoms with van der Waals surface area (Å²) < 4.78 is 0. The molecular formula is C16H16N4O4S. The molecule has 1 aromatic heterocycles. The standard InChI is InChI=1S/C16H16N4O4S/c21-14(17-10-4-3-5-11(8-10)20(23)24)9-25-16-18-13-7-2-1-6-12(13)15(22)19-16/h3-5,8H,1-2,6-7,9H2,(H,17,21)(H,18,19,22). The average molecular weight is 360 g/mol. The Morgan fingerprint density at radius 3 is 2.96 bits per heavy atom. The van der Waals surface area contributed by atoms with Crippen molar-refractivity contribution >= 4 is 29.0 Å². The fourth-order valence-electron chi connectivity index (χ4n) is 2.68. The van der Waals surface area contributed by atoms with Crippen LogP contribution in [0.4, 0.5) is 11.4 Å². The second-order valence-corrected chi connectivity index (χ2v) is 6.61. The van der Waals surface area contributed by atoms with Crippen molar-refractivity contribution in [2.24, 2.45) is 0 Å². The van der Waals surface area contributed by atoms with Gasteiger partial charge in [0, 0.05) is 23.4 Å². The van der Waals surface area contributed by atoms with E-state index >= 15 is 0 Å². The lowest BCUT2D eigenvalue weighted by Crippen LogP contribution is -2.22. The predicted octanol–water partition coefficient (Wildman–Crippen LogP) is 2.29. The van der Waals surface area contributed by atoms with Gasteiger partial charge in [0.05, 0.1) is 16.4 Å². The van der Waals surface area contributed by atoms with Gasteiger partial charge in [0.2, 0.25) is 5.91 Å². The van der Waals surface area contributed by atoms with Gasteiger partial charge >= 0.3 is 0 Å². The predicted molar refractivity (Wildman–Crippen MR) is 93.9 cm³/mol. The summed E-state index contributed by atoms with van der Waals surface area (Å²) in [6, 6.07) is 5.73. The van der Waals surface area contributed by atoms with E-state index in [4.69, 9.17) is 0 Å². The number of nitrogens with one attached hydrogen (secondary N) is 2. The van der Waals surface area contributed by atoms with E-state index in [0.717, 1.165) is 48.7 Å². The number of benzene rings is 1. The van der Waals surface area contributed by atoms with Crippen molar-refractivity contribution < 1.29 is 9.72 Å². The van der Waals surface area contributed by atoms with E-state index < -0.39 is 4.92 Å². The number of hydrogen-bond acceptors (Lipinski definition) is 6. The molecule has 0 fully saturated rings. The third-order valence-corrected chi connectivity index (χ3v) is 4.72. The molecule has 0 bridgehead atoms. The number of nitro benzene ring substituents is 1. The van der Waals surface area contributed by atoms with Crippen LogP contribution >= 0.6 is 11.8 Å². The van der Waals surface area contributed by atoms with Crippen LogP contribution in [-0.4, -0.2) is 26.6 Å². The summed E-state index contributed by atoms with van der Waals surface area (Å²) in [5.74, 6) is -0.282. The van der Waals surface area contributed by atoms with Crippen LogP contribution in [0.2, 0.25) is 0 Å². The maximum Gasteiger partial charge on any atom is 0.271 e. The normalized spacial score (nSPS) is 13.1. The van der Waals surface area contributed by atoms with Crippen molar-refractivity contribution in [2.45, 2.75) is 30.8 Å². The molecule has 25 heavy (non-hydrogen) atoms. The molecule has 1 heterocycles. The number of non-ortho nitro benzene ring substituents is 1. The number of aryl methyl sites for hydroxylation is 1. The largest absolute Gasteiger partial charge is 0.325 e. The molecule has 3 rings (SSSR count). The van der Waals surface area contributed by atoms with Gasteiger partial charge in [-0.05, 0) is 31.7 Å². The third-order valence-electron chi connectivity index (χ3n) is 3.85. The Balaban J connectivity index is 1.63. The zero-order valence-corrected chi connectivity index (χ0v) is 14.1. The summed E-state index contributed by atoms with van der Waals surface area (Å²) in [5.41, 5.74) is 1.69. The van der Waals surface area contributed by atoms with E-state index in [1.807, 2.05) is 0 Å². The average Bonchev–Trinajstić information content (AvgIpc) is 2.60. The first-order valence-electron chi connectivity index (χ1n) is 7.82. The molecule has 1 aliphatic carbocycles. The Kier molecular flexibility index (Phi) is 5.13. The maximum atomic E-state index is 12.0. The van der Waals surface area contributed by atoms with Crippen LogP contribution in [0.1, 0.15) is 24.1 Å². The van der Waals surface area contributed by atoms with E-state index in [1.165, 1.54) is 18.2 Å². The van der Waals surface area contributed by atoms with Crippen LogP contribution in [0.25, 0.3) is 0 Å². The lowest BCUT2D eigenvalue weighted by atomic mass is 9.97. The summed E-state index contributed by atoms with van der Waals surface area (Å²) in [6.45, 7) is 0. The number of amides is 1. The van der Waals surface area contributed by atoms with Crippen molar-refractivity contribution in [3.63, 3.8) is 0 Å². The lowest BCUT2D eigenvalue weighted by molar-refractivity contribution is -0.384. The lowest BCUT2D eigenvalue weighted by Gasteiger charge is -2.14. The Morgan fingerprint density at radius 2 is 2.16 bits per heavy atom. The van der Waals surface area contributed by atoms with Crippen molar-refractivity contribution in [1.29, 1.82) is 0 Å². The molecule has 2 aromatic rings. The van der Waals surface area contributed by atoms with Gasteiger partial charge in [0.15, 0.2) is 5.16 Å². The molecule has 0 saturated heterocycles. The zero-order valence-electron chi connectivity index (χ0n) is 13.3. The topological polar surface area (TPSA) is 118 Å². The maximum absolute atomic E-state index is 12.0. The van der Waals surface area contributed by atoms with Crippen molar-refractivity contribution in [1.82, 2.24) is 9.97 Å². The number of aromatic amines is 1. The molecule has 1 amide bonds. The molecule has 0 radical (unpaired) electrons. The molecule has 8 nitrogen and oxygen atoms in total. The van der Waals surface area contributed by atoms with Crippen LogP contribution in [0.5, 0.6) is 0 Å². The van der Waals surface area contributed by atoms with E-state index in [-0.39, 0.29) is 22.9 Å².